The highest BCUT2D eigenvalue weighted by Crippen LogP contribution is 2.48. The van der Waals surface area contributed by atoms with Crippen LogP contribution in [-0.2, 0) is 16.1 Å². The van der Waals surface area contributed by atoms with Crippen LogP contribution in [0.5, 0.6) is 5.75 Å². The maximum absolute atomic E-state index is 9.70. The minimum absolute atomic E-state index is 0.0298. The second kappa shape index (κ2) is 12.1. The van der Waals surface area contributed by atoms with Gasteiger partial charge in [-0.2, -0.15) is 4.68 Å². The van der Waals surface area contributed by atoms with Crippen LogP contribution in [0.4, 0.5) is 5.69 Å². The number of nitrogens with zero attached hydrogens (tertiary/aromatic N) is 4. The maximum Gasteiger partial charge on any atom is 0.214 e. The fourth-order valence-electron chi connectivity index (χ4n) is 5.04. The Kier molecular flexibility index (Phi) is 7.97. The quantitative estimate of drug-likeness (QED) is 0.172. The monoisotopic (exact) mass is 567 g/mol. The van der Waals surface area contributed by atoms with Crippen molar-refractivity contribution in [2.45, 2.75) is 36.2 Å². The van der Waals surface area contributed by atoms with Gasteiger partial charge in [-0.3, -0.25) is 0 Å². The van der Waals surface area contributed by atoms with Crippen LogP contribution in [0, 0.1) is 0 Å². The Morgan fingerprint density at radius 3 is 2.32 bits per heavy atom. The zero-order chi connectivity index (χ0) is 28.2. The first kappa shape index (κ1) is 27.0. The summed E-state index contributed by atoms with van der Waals surface area (Å²) in [6, 6.07) is 32.3. The zero-order valence-electron chi connectivity index (χ0n) is 22.0. The van der Waals surface area contributed by atoms with Gasteiger partial charge in [-0.1, -0.05) is 78.5 Å². The number of aliphatic hydroxyl groups excluding tert-OH is 1. The van der Waals surface area contributed by atoms with Gasteiger partial charge in [0.15, 0.2) is 6.29 Å². The Morgan fingerprint density at radius 2 is 1.59 bits per heavy atom. The third-order valence-electron chi connectivity index (χ3n) is 7.07. The van der Waals surface area contributed by atoms with Gasteiger partial charge in [-0.25, -0.2) is 0 Å². The van der Waals surface area contributed by atoms with Gasteiger partial charge in [0.25, 0.3) is 0 Å². The molecular weight excluding hydrogens is 538 g/mol. The molecule has 0 radical (unpaired) electrons. The first-order valence-electron chi connectivity index (χ1n) is 13.2. The predicted octanol–water partition coefficient (Wildman–Crippen LogP) is 5.17. The van der Waals surface area contributed by atoms with Gasteiger partial charge in [-0.05, 0) is 63.5 Å². The third-order valence-corrected chi connectivity index (χ3v) is 8.07. The van der Waals surface area contributed by atoms with E-state index in [1.165, 1.54) is 11.8 Å². The molecule has 1 fully saturated rings. The number of hydrogen-bond donors (Lipinski definition) is 3. The van der Waals surface area contributed by atoms with Gasteiger partial charge in [-0.15, -0.1) is 5.10 Å². The number of ether oxygens (including phenoxy) is 2. The summed E-state index contributed by atoms with van der Waals surface area (Å²) in [6.07, 6.45) is -1.29. The highest BCUT2D eigenvalue weighted by atomic mass is 32.2. The van der Waals surface area contributed by atoms with E-state index in [1.807, 2.05) is 66.7 Å². The Bertz CT molecular complexity index is 1580. The maximum atomic E-state index is 9.70. The molecule has 0 bridgehead atoms. The summed E-state index contributed by atoms with van der Waals surface area (Å²) < 4.78 is 15.0. The van der Waals surface area contributed by atoms with Crippen LogP contribution >= 0.6 is 11.8 Å². The number of benzene rings is 4. The van der Waals surface area contributed by atoms with Crippen LogP contribution in [0.2, 0.25) is 0 Å². The molecule has 4 atom stereocenters. The van der Waals surface area contributed by atoms with E-state index in [4.69, 9.17) is 15.2 Å². The molecule has 0 saturated carbocycles. The van der Waals surface area contributed by atoms with Gasteiger partial charge in [0.1, 0.15) is 5.75 Å². The van der Waals surface area contributed by atoms with Crippen LogP contribution in [0.1, 0.15) is 40.6 Å². The SMILES string of the molecule is Nc1cccc(C2OC(CSc3nnnn3-c3ccc(O)cc3)C(c3ccccc3)C(c3ccc(CO)cc3)O2)c1. The second-order valence-electron chi connectivity index (χ2n) is 9.77. The van der Waals surface area contributed by atoms with E-state index in [0.29, 0.717) is 16.6 Å². The predicted molar refractivity (Wildman–Crippen MR) is 155 cm³/mol. The lowest BCUT2D eigenvalue weighted by Crippen LogP contribution is -2.38. The summed E-state index contributed by atoms with van der Waals surface area (Å²) in [7, 11) is 0. The number of phenols is 1. The summed E-state index contributed by atoms with van der Waals surface area (Å²) in [5.41, 5.74) is 11.2. The first-order valence-corrected chi connectivity index (χ1v) is 14.2. The molecule has 0 spiro atoms. The number of anilines is 1. The number of tetrazole rings is 1. The molecule has 1 saturated heterocycles. The Hall–Kier alpha value is -4.22. The lowest BCUT2D eigenvalue weighted by atomic mass is 9.84. The average molecular weight is 568 g/mol. The average Bonchev–Trinajstić information content (AvgIpc) is 3.49. The lowest BCUT2D eigenvalue weighted by molar-refractivity contribution is -0.255. The van der Waals surface area contributed by atoms with E-state index in [2.05, 4.69) is 27.7 Å². The molecule has 41 heavy (non-hydrogen) atoms. The molecular formula is C31H29N5O4S. The molecule has 0 aliphatic carbocycles. The number of thioether (sulfide) groups is 1. The molecule has 4 N–H and O–H groups in total. The van der Waals surface area contributed by atoms with Gasteiger partial charge >= 0.3 is 0 Å². The van der Waals surface area contributed by atoms with Crippen LogP contribution in [-0.4, -0.2) is 42.3 Å². The smallest absolute Gasteiger partial charge is 0.214 e. The van der Waals surface area contributed by atoms with Crippen LogP contribution in [0.3, 0.4) is 0 Å². The van der Waals surface area contributed by atoms with Crippen molar-refractivity contribution in [2.24, 2.45) is 0 Å². The van der Waals surface area contributed by atoms with Crippen LogP contribution in [0.15, 0.2) is 108 Å². The standard InChI is InChI=1S/C31H29N5O4S/c32-24-8-4-7-23(17-24)30-39-27(19-41-31-33-34-35-36(31)25-13-15-26(38)16-14-25)28(21-5-2-1-3-6-21)29(40-30)22-11-9-20(18-37)10-12-22/h1-17,27-30,37-38H,18-19,32H2. The highest BCUT2D eigenvalue weighted by Gasteiger charge is 2.42. The van der Waals surface area contributed by atoms with Crippen molar-refractivity contribution in [3.63, 3.8) is 0 Å². The lowest BCUT2D eigenvalue weighted by Gasteiger charge is -2.43. The number of nitrogen functional groups attached to an aromatic ring is 1. The summed E-state index contributed by atoms with van der Waals surface area (Å²) >= 11 is 1.49. The van der Waals surface area contributed by atoms with E-state index in [1.54, 1.807) is 28.9 Å². The number of nitrogens with two attached hydrogens (primary N) is 1. The van der Waals surface area contributed by atoms with E-state index < -0.39 is 6.29 Å². The molecule has 1 aliphatic rings. The third kappa shape index (κ3) is 5.96. The molecule has 0 amide bonds. The summed E-state index contributed by atoms with van der Waals surface area (Å²) in [6.45, 7) is -0.0298. The molecule has 5 aromatic rings. The fraction of sp³-hybridized carbons (Fsp3) is 0.194. The van der Waals surface area contributed by atoms with E-state index in [0.717, 1.165) is 27.9 Å². The first-order chi connectivity index (χ1) is 20.1. The van der Waals surface area contributed by atoms with E-state index in [-0.39, 0.29) is 30.5 Å². The number of aromatic nitrogens is 4. The van der Waals surface area contributed by atoms with Crippen molar-refractivity contribution in [2.75, 3.05) is 11.5 Å². The van der Waals surface area contributed by atoms with Gasteiger partial charge < -0.3 is 25.4 Å². The molecule has 4 aromatic carbocycles. The highest BCUT2D eigenvalue weighted by molar-refractivity contribution is 7.99. The molecule has 6 rings (SSSR count). The summed E-state index contributed by atoms with van der Waals surface area (Å²) in [4.78, 5) is 0. The largest absolute Gasteiger partial charge is 0.508 e. The minimum atomic E-state index is -0.653. The van der Waals surface area contributed by atoms with Gasteiger partial charge in [0.2, 0.25) is 5.16 Å². The molecule has 208 valence electrons. The summed E-state index contributed by atoms with van der Waals surface area (Å²) in [5, 5.41) is 32.2. The van der Waals surface area contributed by atoms with Crippen molar-refractivity contribution >= 4 is 17.4 Å². The Balaban J connectivity index is 1.37. The number of aliphatic hydroxyl groups is 1. The summed E-state index contributed by atoms with van der Waals surface area (Å²) in [5.74, 6) is 0.549. The second-order valence-corrected chi connectivity index (χ2v) is 10.8. The Morgan fingerprint density at radius 1 is 0.829 bits per heavy atom. The van der Waals surface area contributed by atoms with E-state index in [9.17, 15) is 10.2 Å². The van der Waals surface area contributed by atoms with Crippen molar-refractivity contribution in [1.29, 1.82) is 0 Å². The van der Waals surface area contributed by atoms with Crippen molar-refractivity contribution in [1.82, 2.24) is 20.2 Å². The van der Waals surface area contributed by atoms with Crippen molar-refractivity contribution in [3.8, 4) is 11.4 Å². The van der Waals surface area contributed by atoms with E-state index >= 15 is 0 Å². The topological polar surface area (TPSA) is 129 Å². The van der Waals surface area contributed by atoms with Crippen LogP contribution < -0.4 is 5.73 Å². The normalized spacial score (nSPS) is 20.6. The minimum Gasteiger partial charge on any atom is -0.508 e. The molecule has 1 aromatic heterocycles. The van der Waals surface area contributed by atoms with Crippen molar-refractivity contribution < 1.29 is 19.7 Å². The molecule has 9 nitrogen and oxygen atoms in total. The molecule has 10 heteroatoms. The number of rotatable bonds is 8. The molecule has 4 unspecified atom stereocenters. The van der Waals surface area contributed by atoms with Gasteiger partial charge in [0, 0.05) is 22.9 Å². The number of aromatic hydroxyl groups is 1. The number of phenolic OH excluding ortho intramolecular Hbond substituents is 1. The van der Waals surface area contributed by atoms with Crippen LogP contribution in [0.25, 0.3) is 5.69 Å². The zero-order valence-corrected chi connectivity index (χ0v) is 22.8. The Labute approximate surface area is 241 Å². The fourth-order valence-corrected chi connectivity index (χ4v) is 6.00. The number of hydrogen-bond acceptors (Lipinski definition) is 9. The molecule has 2 heterocycles. The van der Waals surface area contributed by atoms with Gasteiger partial charge in [0.05, 0.1) is 24.5 Å². The molecule has 1 aliphatic heterocycles. The van der Waals surface area contributed by atoms with Crippen molar-refractivity contribution in [3.05, 3.63) is 125 Å².